The Balaban J connectivity index is 1.98. The summed E-state index contributed by atoms with van der Waals surface area (Å²) < 4.78 is 1.12. The van der Waals surface area contributed by atoms with Gasteiger partial charge in [0.25, 0.3) is 0 Å². The fraction of sp³-hybridized carbons (Fsp3) is 0.133. The van der Waals surface area contributed by atoms with Gasteiger partial charge >= 0.3 is 0 Å². The van der Waals surface area contributed by atoms with E-state index in [0.29, 0.717) is 0 Å². The van der Waals surface area contributed by atoms with Crippen molar-refractivity contribution in [3.05, 3.63) is 62.9 Å². The van der Waals surface area contributed by atoms with Crippen molar-refractivity contribution < 1.29 is 0 Å². The molecule has 0 amide bonds. The molecule has 0 saturated carbocycles. The third kappa shape index (κ3) is 2.76. The van der Waals surface area contributed by atoms with E-state index in [-0.39, 0.29) is 6.04 Å². The highest BCUT2D eigenvalue weighted by Crippen LogP contribution is 2.28. The molecule has 0 saturated heterocycles. The molecule has 2 aromatic heterocycles. The van der Waals surface area contributed by atoms with Gasteiger partial charge < -0.3 is 0 Å². The van der Waals surface area contributed by atoms with Gasteiger partial charge in [0.2, 0.25) is 0 Å². The number of hydrazine groups is 1. The Hall–Kier alpha value is -1.27. The number of thiophene rings is 1. The molecule has 0 aliphatic heterocycles. The minimum Gasteiger partial charge on any atom is -0.271 e. The third-order valence-electron chi connectivity index (χ3n) is 3.28. The number of hydrogen-bond donors (Lipinski definition) is 2. The van der Waals surface area contributed by atoms with Crippen LogP contribution in [-0.2, 0) is 6.42 Å². The fourth-order valence-corrected chi connectivity index (χ4v) is 3.85. The summed E-state index contributed by atoms with van der Waals surface area (Å²) >= 11 is 5.22. The molecule has 0 spiro atoms. The second-order valence-electron chi connectivity index (χ2n) is 4.57. The molecule has 102 valence electrons. The smallest absolute Gasteiger partial charge is 0.0705 e. The first kappa shape index (κ1) is 13.7. The molecule has 3 rings (SSSR count). The predicted octanol–water partition coefficient (Wildman–Crippen LogP) is 3.81. The predicted molar refractivity (Wildman–Crippen MR) is 87.5 cm³/mol. The number of nitrogens with zero attached hydrogens (tertiary/aromatic N) is 1. The number of nitrogens with two attached hydrogens (primary N) is 1. The zero-order valence-electron chi connectivity index (χ0n) is 10.7. The van der Waals surface area contributed by atoms with Crippen molar-refractivity contribution in [3.63, 3.8) is 0 Å². The average Bonchev–Trinajstić information content (AvgIpc) is 2.89. The van der Waals surface area contributed by atoms with Crippen LogP contribution >= 0.6 is 27.3 Å². The molecule has 2 heterocycles. The number of pyridine rings is 1. The molecule has 1 atom stereocenters. The molecule has 5 heteroatoms. The molecule has 20 heavy (non-hydrogen) atoms. The van der Waals surface area contributed by atoms with Crippen molar-refractivity contribution in [1.29, 1.82) is 0 Å². The lowest BCUT2D eigenvalue weighted by Crippen LogP contribution is -2.29. The Morgan fingerprint density at radius 3 is 2.95 bits per heavy atom. The van der Waals surface area contributed by atoms with Crippen LogP contribution in [-0.4, -0.2) is 4.98 Å². The zero-order valence-corrected chi connectivity index (χ0v) is 13.1. The van der Waals surface area contributed by atoms with E-state index in [4.69, 9.17) is 5.84 Å². The highest BCUT2D eigenvalue weighted by Gasteiger charge is 2.14. The number of halogens is 1. The Morgan fingerprint density at radius 2 is 2.20 bits per heavy atom. The van der Waals surface area contributed by atoms with Gasteiger partial charge in [0, 0.05) is 32.7 Å². The first-order chi connectivity index (χ1) is 9.78. The van der Waals surface area contributed by atoms with Gasteiger partial charge in [-0.3, -0.25) is 16.3 Å². The second kappa shape index (κ2) is 6.01. The lowest BCUT2D eigenvalue weighted by atomic mass is 9.99. The molecule has 3 nitrogen and oxygen atoms in total. The SMILES string of the molecule is NNC(Cc1cc(Br)cs1)c1cccc2ncccc12. The van der Waals surface area contributed by atoms with Gasteiger partial charge in [0.15, 0.2) is 0 Å². The first-order valence-electron chi connectivity index (χ1n) is 6.30. The maximum atomic E-state index is 5.77. The quantitative estimate of drug-likeness (QED) is 0.557. The van der Waals surface area contributed by atoms with E-state index in [0.717, 1.165) is 21.8 Å². The molecule has 3 aromatic rings. The summed E-state index contributed by atoms with van der Waals surface area (Å²) in [6.07, 6.45) is 2.67. The third-order valence-corrected chi connectivity index (χ3v) is 5.00. The molecule has 1 aromatic carbocycles. The maximum absolute atomic E-state index is 5.77. The fourth-order valence-electron chi connectivity index (χ4n) is 2.35. The highest BCUT2D eigenvalue weighted by atomic mass is 79.9. The van der Waals surface area contributed by atoms with E-state index < -0.39 is 0 Å². The molecule has 0 radical (unpaired) electrons. The highest BCUT2D eigenvalue weighted by molar-refractivity contribution is 9.10. The Bertz CT molecular complexity index is 720. The molecule has 3 N–H and O–H groups in total. The van der Waals surface area contributed by atoms with Crippen LogP contribution in [0.15, 0.2) is 52.4 Å². The summed E-state index contributed by atoms with van der Waals surface area (Å²) in [4.78, 5) is 5.69. The van der Waals surface area contributed by atoms with E-state index >= 15 is 0 Å². The summed E-state index contributed by atoms with van der Waals surface area (Å²) in [6, 6.07) is 12.4. The number of fused-ring (bicyclic) bond motifs is 1. The van der Waals surface area contributed by atoms with Crippen molar-refractivity contribution in [2.75, 3.05) is 0 Å². The standard InChI is InChI=1S/C15H14BrN3S/c16-10-7-11(20-9-10)8-15(19-17)13-3-1-5-14-12(13)4-2-6-18-14/h1-7,9,15,19H,8,17H2. The van der Waals surface area contributed by atoms with E-state index in [1.54, 1.807) is 11.3 Å². The molecule has 0 bridgehead atoms. The first-order valence-corrected chi connectivity index (χ1v) is 7.98. The second-order valence-corrected chi connectivity index (χ2v) is 6.48. The Morgan fingerprint density at radius 1 is 1.30 bits per heavy atom. The normalized spacial score (nSPS) is 12.7. The zero-order chi connectivity index (χ0) is 13.9. The summed E-state index contributed by atoms with van der Waals surface area (Å²) in [5, 5.41) is 3.24. The van der Waals surface area contributed by atoms with Crippen molar-refractivity contribution in [1.82, 2.24) is 10.4 Å². The topological polar surface area (TPSA) is 50.9 Å². The summed E-state index contributed by atoms with van der Waals surface area (Å²) in [5.41, 5.74) is 5.11. The Kier molecular flexibility index (Phi) is 4.12. The van der Waals surface area contributed by atoms with Gasteiger partial charge in [-0.15, -0.1) is 11.3 Å². The largest absolute Gasteiger partial charge is 0.271 e. The van der Waals surface area contributed by atoms with Gasteiger partial charge in [0.05, 0.1) is 11.6 Å². The van der Waals surface area contributed by atoms with Crippen LogP contribution in [0, 0.1) is 0 Å². The lowest BCUT2D eigenvalue weighted by Gasteiger charge is -2.17. The number of nitrogens with one attached hydrogen (secondary N) is 1. The average molecular weight is 348 g/mol. The van der Waals surface area contributed by atoms with Crippen LogP contribution in [0.3, 0.4) is 0 Å². The molecule has 0 aliphatic rings. The summed E-state index contributed by atoms with van der Waals surface area (Å²) in [7, 11) is 0. The van der Waals surface area contributed by atoms with Gasteiger partial charge in [-0.05, 0) is 39.7 Å². The van der Waals surface area contributed by atoms with Gasteiger partial charge in [-0.2, -0.15) is 0 Å². The summed E-state index contributed by atoms with van der Waals surface area (Å²) in [5.74, 6) is 5.77. The van der Waals surface area contributed by atoms with Crippen LogP contribution in [0.1, 0.15) is 16.5 Å². The number of rotatable bonds is 4. The maximum Gasteiger partial charge on any atom is 0.0705 e. The van der Waals surface area contributed by atoms with E-state index in [2.05, 4.69) is 49.9 Å². The van der Waals surface area contributed by atoms with Gasteiger partial charge in [-0.25, -0.2) is 0 Å². The van der Waals surface area contributed by atoms with Gasteiger partial charge in [-0.1, -0.05) is 18.2 Å². The minimum absolute atomic E-state index is 0.0773. The van der Waals surface area contributed by atoms with Crippen LogP contribution in [0.5, 0.6) is 0 Å². The van der Waals surface area contributed by atoms with E-state index in [1.807, 2.05) is 24.4 Å². The molecule has 0 aliphatic carbocycles. The number of aromatic nitrogens is 1. The van der Waals surface area contributed by atoms with Crippen molar-refractivity contribution in [3.8, 4) is 0 Å². The van der Waals surface area contributed by atoms with E-state index in [1.165, 1.54) is 10.4 Å². The van der Waals surface area contributed by atoms with Crippen molar-refractivity contribution >= 4 is 38.2 Å². The van der Waals surface area contributed by atoms with Crippen LogP contribution < -0.4 is 11.3 Å². The Labute approximate surface area is 129 Å². The van der Waals surface area contributed by atoms with Gasteiger partial charge in [0.1, 0.15) is 0 Å². The molecule has 1 unspecified atom stereocenters. The van der Waals surface area contributed by atoms with Crippen molar-refractivity contribution in [2.45, 2.75) is 12.5 Å². The van der Waals surface area contributed by atoms with Crippen LogP contribution in [0.4, 0.5) is 0 Å². The van der Waals surface area contributed by atoms with E-state index in [9.17, 15) is 0 Å². The molecule has 0 fully saturated rings. The number of hydrogen-bond acceptors (Lipinski definition) is 4. The summed E-state index contributed by atoms with van der Waals surface area (Å²) in [6.45, 7) is 0. The lowest BCUT2D eigenvalue weighted by molar-refractivity contribution is 0.559. The minimum atomic E-state index is 0.0773. The molecular formula is C15H14BrN3S. The molecular weight excluding hydrogens is 334 g/mol. The van der Waals surface area contributed by atoms with Crippen molar-refractivity contribution in [2.24, 2.45) is 5.84 Å². The van der Waals surface area contributed by atoms with Crippen LogP contribution in [0.25, 0.3) is 10.9 Å². The van der Waals surface area contributed by atoms with Crippen LogP contribution in [0.2, 0.25) is 0 Å². The number of benzene rings is 1. The monoisotopic (exact) mass is 347 g/mol.